The Morgan fingerprint density at radius 2 is 2.00 bits per heavy atom. The zero-order valence-electron chi connectivity index (χ0n) is 18.2. The number of anilines is 1. The molecule has 1 aliphatic carbocycles. The lowest BCUT2D eigenvalue weighted by atomic mass is 10.0. The molecule has 0 atom stereocenters. The molecule has 3 aromatic rings. The van der Waals surface area contributed by atoms with Gasteiger partial charge in [-0.2, -0.15) is 0 Å². The number of hydrazine groups is 2. The normalized spacial score (nSPS) is 12.4. The molecular weight excluding hydrogens is 409 g/mol. The van der Waals surface area contributed by atoms with E-state index in [1.165, 1.54) is 30.7 Å². The molecule has 1 saturated carbocycles. The summed E-state index contributed by atoms with van der Waals surface area (Å²) < 4.78 is 19.3. The van der Waals surface area contributed by atoms with Gasteiger partial charge >= 0.3 is 0 Å². The van der Waals surface area contributed by atoms with Gasteiger partial charge in [-0.25, -0.2) is 16.1 Å². The molecule has 0 unspecified atom stereocenters. The van der Waals surface area contributed by atoms with E-state index in [1.54, 1.807) is 16.5 Å². The fourth-order valence-corrected chi connectivity index (χ4v) is 3.52. The maximum Gasteiger partial charge on any atom is 0.221 e. The standard InChI is InChI=1S/C23H24FN3O.CH4N2O/c1-15-12-17(21-10-9-18(24)13-26-21)8-11-23(15)28-14-20-19(16-6-7-16)4-3-5-22(20)27(2)25;2-3-1-4/h3-5,8-13,16H,6-7,14,25H2,1-2H3;1H,2H2,(H,3,4). The van der Waals surface area contributed by atoms with E-state index in [4.69, 9.17) is 15.4 Å². The summed E-state index contributed by atoms with van der Waals surface area (Å²) in [5.74, 6) is 11.6. The van der Waals surface area contributed by atoms with Crippen LogP contribution in [0.1, 0.15) is 35.4 Å². The zero-order valence-corrected chi connectivity index (χ0v) is 18.2. The van der Waals surface area contributed by atoms with Crippen LogP contribution in [0.2, 0.25) is 0 Å². The van der Waals surface area contributed by atoms with Crippen LogP contribution in [-0.4, -0.2) is 18.4 Å². The third-order valence-corrected chi connectivity index (χ3v) is 5.22. The molecule has 0 radical (unpaired) electrons. The molecule has 8 heteroatoms. The van der Waals surface area contributed by atoms with Gasteiger partial charge in [0.25, 0.3) is 0 Å². The molecule has 1 fully saturated rings. The van der Waals surface area contributed by atoms with E-state index in [0.29, 0.717) is 18.9 Å². The Labute approximate surface area is 187 Å². The fraction of sp³-hybridized carbons (Fsp3) is 0.250. The van der Waals surface area contributed by atoms with Gasteiger partial charge in [-0.3, -0.25) is 15.2 Å². The van der Waals surface area contributed by atoms with E-state index in [0.717, 1.165) is 33.8 Å². The molecule has 2 aromatic carbocycles. The molecule has 5 N–H and O–H groups in total. The monoisotopic (exact) mass is 437 g/mol. The molecule has 1 amide bonds. The lowest BCUT2D eigenvalue weighted by Crippen LogP contribution is -2.27. The molecule has 7 nitrogen and oxygen atoms in total. The number of nitrogens with two attached hydrogens (primary N) is 2. The maximum atomic E-state index is 13.1. The van der Waals surface area contributed by atoms with Crippen LogP contribution in [0.4, 0.5) is 10.1 Å². The van der Waals surface area contributed by atoms with Crippen LogP contribution in [0, 0.1) is 12.7 Å². The number of nitrogens with one attached hydrogen (secondary N) is 1. The van der Waals surface area contributed by atoms with Gasteiger partial charge in [0.05, 0.1) is 17.6 Å². The summed E-state index contributed by atoms with van der Waals surface area (Å²) in [7, 11) is 1.85. The van der Waals surface area contributed by atoms with Crippen molar-refractivity contribution < 1.29 is 13.9 Å². The van der Waals surface area contributed by atoms with Gasteiger partial charge in [-0.15, -0.1) is 0 Å². The molecule has 0 aliphatic heterocycles. The number of aromatic nitrogens is 1. The number of hydrogen-bond donors (Lipinski definition) is 3. The summed E-state index contributed by atoms with van der Waals surface area (Å²) in [6.45, 7) is 2.48. The summed E-state index contributed by atoms with van der Waals surface area (Å²) in [5, 5.41) is 1.65. The second kappa shape index (κ2) is 10.7. The smallest absolute Gasteiger partial charge is 0.221 e. The number of pyridine rings is 1. The molecule has 0 bridgehead atoms. The third kappa shape index (κ3) is 5.81. The first-order valence-electron chi connectivity index (χ1n) is 10.3. The molecule has 1 aliphatic rings. The van der Waals surface area contributed by atoms with Crippen LogP contribution >= 0.6 is 0 Å². The lowest BCUT2D eigenvalue weighted by Gasteiger charge is -2.21. The van der Waals surface area contributed by atoms with Crippen molar-refractivity contribution in [1.82, 2.24) is 10.4 Å². The summed E-state index contributed by atoms with van der Waals surface area (Å²) in [6, 6.07) is 15.3. The summed E-state index contributed by atoms with van der Waals surface area (Å²) >= 11 is 0. The number of carbonyl (C=O) groups excluding carboxylic acids is 1. The van der Waals surface area contributed by atoms with Gasteiger partial charge in [-0.1, -0.05) is 12.1 Å². The Morgan fingerprint density at radius 3 is 2.56 bits per heavy atom. The van der Waals surface area contributed by atoms with Gasteiger partial charge in [0.1, 0.15) is 18.2 Å². The van der Waals surface area contributed by atoms with Crippen molar-refractivity contribution in [2.24, 2.45) is 11.7 Å². The molecule has 4 rings (SSSR count). The SMILES string of the molecule is Cc1cc(-c2ccc(F)cn2)ccc1OCc1c(C2CC2)cccc1N(C)N.NNC=O. The van der Waals surface area contributed by atoms with Crippen LogP contribution in [0.15, 0.2) is 54.7 Å². The maximum absolute atomic E-state index is 13.1. The minimum absolute atomic E-state index is 0.338. The summed E-state index contributed by atoms with van der Waals surface area (Å²) in [6.07, 6.45) is 4.08. The summed E-state index contributed by atoms with van der Waals surface area (Å²) in [4.78, 5) is 13.1. The quantitative estimate of drug-likeness (QED) is 0.226. The van der Waals surface area contributed by atoms with Crippen LogP contribution < -0.4 is 26.9 Å². The minimum Gasteiger partial charge on any atom is -0.489 e. The number of rotatable bonds is 7. The molecule has 168 valence electrons. The van der Waals surface area contributed by atoms with Crippen molar-refractivity contribution in [2.45, 2.75) is 32.3 Å². The zero-order chi connectivity index (χ0) is 23.1. The molecule has 32 heavy (non-hydrogen) atoms. The Morgan fingerprint density at radius 1 is 1.25 bits per heavy atom. The van der Waals surface area contributed by atoms with Crippen molar-refractivity contribution in [3.63, 3.8) is 0 Å². The molecule has 1 heterocycles. The second-order valence-corrected chi connectivity index (χ2v) is 7.65. The Bertz CT molecular complexity index is 1030. The Balaban J connectivity index is 0.000000668. The number of nitrogens with zero attached hydrogens (tertiary/aromatic N) is 2. The van der Waals surface area contributed by atoms with Gasteiger partial charge in [0, 0.05) is 18.2 Å². The van der Waals surface area contributed by atoms with E-state index in [9.17, 15) is 4.39 Å². The van der Waals surface area contributed by atoms with Crippen LogP contribution in [-0.2, 0) is 11.4 Å². The van der Waals surface area contributed by atoms with E-state index in [-0.39, 0.29) is 5.82 Å². The van der Waals surface area contributed by atoms with E-state index >= 15 is 0 Å². The number of benzene rings is 2. The van der Waals surface area contributed by atoms with Crippen LogP contribution in [0.25, 0.3) is 11.3 Å². The molecule has 1 aromatic heterocycles. The molecule has 0 spiro atoms. The average Bonchev–Trinajstić information content (AvgIpc) is 3.64. The predicted octanol–water partition coefficient (Wildman–Crippen LogP) is 3.57. The first kappa shape index (κ1) is 23.2. The number of aryl methyl sites for hydroxylation is 1. The highest BCUT2D eigenvalue weighted by atomic mass is 19.1. The number of ether oxygens (including phenoxy) is 1. The minimum atomic E-state index is -0.338. The second-order valence-electron chi connectivity index (χ2n) is 7.65. The predicted molar refractivity (Wildman–Crippen MR) is 123 cm³/mol. The van der Waals surface area contributed by atoms with Crippen molar-refractivity contribution in [3.05, 3.63) is 77.2 Å². The van der Waals surface area contributed by atoms with Gasteiger partial charge in [-0.05, 0) is 73.2 Å². The highest BCUT2D eigenvalue weighted by Crippen LogP contribution is 2.43. The van der Waals surface area contributed by atoms with Crippen molar-refractivity contribution in [3.8, 4) is 17.0 Å². The van der Waals surface area contributed by atoms with E-state index in [1.807, 2.05) is 38.2 Å². The number of hydrogen-bond acceptors (Lipinski definition) is 6. The topological polar surface area (TPSA) is 106 Å². The van der Waals surface area contributed by atoms with E-state index in [2.05, 4.69) is 23.0 Å². The van der Waals surface area contributed by atoms with Crippen LogP contribution in [0.5, 0.6) is 5.75 Å². The number of halogens is 1. The Kier molecular flexibility index (Phi) is 7.75. The van der Waals surface area contributed by atoms with Gasteiger partial charge in [0.15, 0.2) is 0 Å². The van der Waals surface area contributed by atoms with Crippen LogP contribution in [0.3, 0.4) is 0 Å². The first-order chi connectivity index (χ1) is 15.4. The molecule has 0 saturated heterocycles. The highest BCUT2D eigenvalue weighted by molar-refractivity contribution is 5.62. The van der Waals surface area contributed by atoms with Gasteiger partial charge < -0.3 is 9.75 Å². The first-order valence-corrected chi connectivity index (χ1v) is 10.3. The number of carbonyl (C=O) groups is 1. The fourth-order valence-electron chi connectivity index (χ4n) is 3.52. The van der Waals surface area contributed by atoms with Crippen molar-refractivity contribution in [1.29, 1.82) is 0 Å². The number of amides is 1. The highest BCUT2D eigenvalue weighted by Gasteiger charge is 2.27. The largest absolute Gasteiger partial charge is 0.489 e. The Hall–Kier alpha value is -3.49. The summed E-state index contributed by atoms with van der Waals surface area (Å²) in [5.41, 5.74) is 7.91. The third-order valence-electron chi connectivity index (χ3n) is 5.22. The van der Waals surface area contributed by atoms with E-state index < -0.39 is 0 Å². The molecular formula is C24H28FN5O2. The van der Waals surface area contributed by atoms with Crippen molar-refractivity contribution in [2.75, 3.05) is 12.1 Å². The lowest BCUT2D eigenvalue weighted by molar-refractivity contribution is -0.109. The van der Waals surface area contributed by atoms with Gasteiger partial charge in [0.2, 0.25) is 6.41 Å². The van der Waals surface area contributed by atoms with Crippen molar-refractivity contribution >= 4 is 12.1 Å². The average molecular weight is 438 g/mol.